The topological polar surface area (TPSA) is 52.6 Å². The minimum Gasteiger partial charge on any atom is -0.347 e. The Bertz CT molecular complexity index is 234. The molecule has 0 aromatic rings. The van der Waals surface area contributed by atoms with Crippen molar-refractivity contribution < 1.29 is 19.1 Å². The van der Waals surface area contributed by atoms with E-state index in [9.17, 15) is 9.59 Å². The number of ether oxygens (including phenoxy) is 2. The lowest BCUT2D eigenvalue weighted by molar-refractivity contribution is -0.290. The van der Waals surface area contributed by atoms with Gasteiger partial charge in [0.2, 0.25) is 0 Å². The van der Waals surface area contributed by atoms with Crippen molar-refractivity contribution in [3.8, 4) is 0 Å². The lowest BCUT2D eigenvalue weighted by atomic mass is 10.0. The number of Topliss-reactive ketones (excluding diaryl/α,β-unsaturated/α-hetero) is 1. The summed E-state index contributed by atoms with van der Waals surface area (Å²) in [6.07, 6.45) is 0.913. The standard InChI is InChI=1S/C10H16O4/c1-7(12)4-8-5-9(6-11)14-10(2,3)13-8/h6,8-9H,4-5H2,1-3H3. The van der Waals surface area contributed by atoms with E-state index in [0.717, 1.165) is 6.29 Å². The Hall–Kier alpha value is -0.740. The molecule has 0 amide bonds. The summed E-state index contributed by atoms with van der Waals surface area (Å²) >= 11 is 0. The second-order valence-corrected chi connectivity index (χ2v) is 4.07. The fraction of sp³-hybridized carbons (Fsp3) is 0.800. The summed E-state index contributed by atoms with van der Waals surface area (Å²) in [5.41, 5.74) is 0. The van der Waals surface area contributed by atoms with Crippen LogP contribution >= 0.6 is 0 Å². The molecule has 0 N–H and O–H groups in total. The molecule has 0 radical (unpaired) electrons. The molecule has 4 heteroatoms. The van der Waals surface area contributed by atoms with Crippen molar-refractivity contribution in [1.82, 2.24) is 0 Å². The molecule has 2 unspecified atom stereocenters. The van der Waals surface area contributed by atoms with E-state index in [0.29, 0.717) is 12.8 Å². The van der Waals surface area contributed by atoms with Crippen LogP contribution in [-0.4, -0.2) is 30.1 Å². The molecule has 0 aromatic carbocycles. The van der Waals surface area contributed by atoms with E-state index in [1.807, 2.05) is 0 Å². The number of carbonyl (C=O) groups is 2. The Balaban J connectivity index is 2.60. The van der Waals surface area contributed by atoms with Crippen LogP contribution in [0, 0.1) is 0 Å². The highest BCUT2D eigenvalue weighted by Crippen LogP contribution is 2.27. The van der Waals surface area contributed by atoms with Gasteiger partial charge >= 0.3 is 0 Å². The third kappa shape index (κ3) is 3.20. The number of hydrogen-bond donors (Lipinski definition) is 0. The molecule has 0 saturated carbocycles. The Morgan fingerprint density at radius 1 is 1.50 bits per heavy atom. The molecule has 1 saturated heterocycles. The van der Waals surface area contributed by atoms with E-state index in [1.165, 1.54) is 6.92 Å². The molecule has 1 rings (SSSR count). The first-order valence-corrected chi connectivity index (χ1v) is 4.73. The lowest BCUT2D eigenvalue weighted by Crippen LogP contribution is -2.45. The zero-order valence-corrected chi connectivity index (χ0v) is 8.78. The average Bonchev–Trinajstić information content (AvgIpc) is 1.99. The highest BCUT2D eigenvalue weighted by atomic mass is 16.7. The molecular formula is C10H16O4. The third-order valence-corrected chi connectivity index (χ3v) is 2.05. The van der Waals surface area contributed by atoms with E-state index in [-0.39, 0.29) is 11.9 Å². The van der Waals surface area contributed by atoms with Gasteiger partial charge in [0.1, 0.15) is 18.2 Å². The van der Waals surface area contributed by atoms with Gasteiger partial charge in [-0.2, -0.15) is 0 Å². The van der Waals surface area contributed by atoms with E-state index in [1.54, 1.807) is 13.8 Å². The molecule has 4 nitrogen and oxygen atoms in total. The summed E-state index contributed by atoms with van der Waals surface area (Å²) in [4.78, 5) is 21.5. The summed E-state index contributed by atoms with van der Waals surface area (Å²) < 4.78 is 10.8. The van der Waals surface area contributed by atoms with Crippen LogP contribution in [0.2, 0.25) is 0 Å². The van der Waals surface area contributed by atoms with Crippen LogP contribution in [0.1, 0.15) is 33.6 Å². The van der Waals surface area contributed by atoms with E-state index < -0.39 is 11.9 Å². The van der Waals surface area contributed by atoms with Crippen molar-refractivity contribution in [1.29, 1.82) is 0 Å². The summed E-state index contributed by atoms with van der Waals surface area (Å²) in [5.74, 6) is -0.707. The maximum absolute atomic E-state index is 10.9. The number of carbonyl (C=O) groups excluding carboxylic acids is 2. The van der Waals surface area contributed by atoms with E-state index >= 15 is 0 Å². The van der Waals surface area contributed by atoms with Crippen molar-refractivity contribution >= 4 is 12.1 Å². The number of rotatable bonds is 3. The molecule has 1 aliphatic rings. The van der Waals surface area contributed by atoms with Crippen molar-refractivity contribution in [2.24, 2.45) is 0 Å². The summed E-state index contributed by atoms with van der Waals surface area (Å²) in [5, 5.41) is 0. The lowest BCUT2D eigenvalue weighted by Gasteiger charge is -2.38. The fourth-order valence-electron chi connectivity index (χ4n) is 1.68. The molecule has 0 bridgehead atoms. The third-order valence-electron chi connectivity index (χ3n) is 2.05. The van der Waals surface area contributed by atoms with Crippen molar-refractivity contribution in [3.05, 3.63) is 0 Å². The Morgan fingerprint density at radius 2 is 2.14 bits per heavy atom. The van der Waals surface area contributed by atoms with Crippen LogP contribution in [0.4, 0.5) is 0 Å². The van der Waals surface area contributed by atoms with Gasteiger partial charge in [0, 0.05) is 12.8 Å². The summed E-state index contributed by atoms with van der Waals surface area (Å²) in [6.45, 7) is 5.01. The number of aldehydes is 1. The summed E-state index contributed by atoms with van der Waals surface area (Å²) in [6, 6.07) is 0. The maximum atomic E-state index is 10.9. The zero-order valence-electron chi connectivity index (χ0n) is 8.78. The van der Waals surface area contributed by atoms with Crippen LogP contribution < -0.4 is 0 Å². The molecule has 0 spiro atoms. The smallest absolute Gasteiger partial charge is 0.164 e. The van der Waals surface area contributed by atoms with Crippen molar-refractivity contribution in [2.75, 3.05) is 0 Å². The van der Waals surface area contributed by atoms with Gasteiger partial charge in [-0.05, 0) is 20.8 Å². The van der Waals surface area contributed by atoms with Crippen LogP contribution in [0.15, 0.2) is 0 Å². The minimum atomic E-state index is -0.774. The van der Waals surface area contributed by atoms with Crippen LogP contribution in [0.3, 0.4) is 0 Å². The first-order valence-electron chi connectivity index (χ1n) is 4.73. The van der Waals surface area contributed by atoms with Crippen molar-refractivity contribution in [3.63, 3.8) is 0 Å². The predicted octanol–water partition coefficient (Wildman–Crippen LogP) is 1.07. The predicted molar refractivity (Wildman–Crippen MR) is 49.8 cm³/mol. The minimum absolute atomic E-state index is 0.0670. The van der Waals surface area contributed by atoms with Crippen molar-refractivity contribution in [2.45, 2.75) is 51.6 Å². The molecule has 1 heterocycles. The molecule has 2 atom stereocenters. The normalized spacial score (nSPS) is 31.1. The molecular weight excluding hydrogens is 184 g/mol. The second kappa shape index (κ2) is 4.19. The van der Waals surface area contributed by atoms with Gasteiger partial charge in [0.05, 0.1) is 6.10 Å². The monoisotopic (exact) mass is 200 g/mol. The first-order chi connectivity index (χ1) is 6.43. The van der Waals surface area contributed by atoms with E-state index in [2.05, 4.69) is 0 Å². The van der Waals surface area contributed by atoms with Gasteiger partial charge < -0.3 is 14.3 Å². The quantitative estimate of drug-likeness (QED) is 0.639. The van der Waals surface area contributed by atoms with Gasteiger partial charge in [-0.25, -0.2) is 0 Å². The summed E-state index contributed by atoms with van der Waals surface area (Å²) in [7, 11) is 0. The van der Waals surface area contributed by atoms with Crippen LogP contribution in [-0.2, 0) is 19.1 Å². The van der Waals surface area contributed by atoms with Crippen LogP contribution in [0.25, 0.3) is 0 Å². The Labute approximate surface area is 83.6 Å². The number of hydrogen-bond acceptors (Lipinski definition) is 4. The SMILES string of the molecule is CC(=O)CC1CC(C=O)OC(C)(C)O1. The first kappa shape index (κ1) is 11.3. The van der Waals surface area contributed by atoms with Gasteiger partial charge in [-0.1, -0.05) is 0 Å². The number of ketones is 1. The zero-order chi connectivity index (χ0) is 10.8. The molecule has 1 aliphatic heterocycles. The fourth-order valence-corrected chi connectivity index (χ4v) is 1.68. The second-order valence-electron chi connectivity index (χ2n) is 4.07. The molecule has 0 aliphatic carbocycles. The Morgan fingerprint density at radius 3 is 2.64 bits per heavy atom. The highest BCUT2D eigenvalue weighted by Gasteiger charge is 2.35. The van der Waals surface area contributed by atoms with Gasteiger partial charge in [-0.15, -0.1) is 0 Å². The largest absolute Gasteiger partial charge is 0.347 e. The van der Waals surface area contributed by atoms with Gasteiger partial charge in [0.15, 0.2) is 5.79 Å². The van der Waals surface area contributed by atoms with Crippen LogP contribution in [0.5, 0.6) is 0 Å². The Kier molecular flexibility index (Phi) is 3.39. The molecule has 0 aromatic heterocycles. The average molecular weight is 200 g/mol. The molecule has 80 valence electrons. The van der Waals surface area contributed by atoms with Gasteiger partial charge in [0.25, 0.3) is 0 Å². The molecule has 1 fully saturated rings. The maximum Gasteiger partial charge on any atom is 0.164 e. The van der Waals surface area contributed by atoms with E-state index in [4.69, 9.17) is 9.47 Å². The molecule has 14 heavy (non-hydrogen) atoms. The van der Waals surface area contributed by atoms with Gasteiger partial charge in [-0.3, -0.25) is 4.79 Å². The highest BCUT2D eigenvalue weighted by molar-refractivity contribution is 5.76.